The van der Waals surface area contributed by atoms with Crippen LogP contribution in [0.5, 0.6) is 5.75 Å². The van der Waals surface area contributed by atoms with Gasteiger partial charge in [0.1, 0.15) is 5.75 Å². The first kappa shape index (κ1) is 15.6. The molecule has 6 heteroatoms. The van der Waals surface area contributed by atoms with E-state index in [1.54, 1.807) is 23.2 Å². The van der Waals surface area contributed by atoms with Crippen molar-refractivity contribution in [2.45, 2.75) is 25.5 Å². The highest BCUT2D eigenvalue weighted by molar-refractivity contribution is 5.98. The van der Waals surface area contributed by atoms with E-state index in [9.17, 15) is 9.59 Å². The zero-order valence-electron chi connectivity index (χ0n) is 14.0. The van der Waals surface area contributed by atoms with E-state index in [1.165, 1.54) is 0 Å². The fourth-order valence-electron chi connectivity index (χ4n) is 3.33. The number of pyridine rings is 1. The van der Waals surface area contributed by atoms with Gasteiger partial charge < -0.3 is 15.0 Å². The molecule has 4 rings (SSSR count). The number of carbonyl (C=O) groups is 2. The first-order chi connectivity index (χ1) is 12.1. The molecule has 1 saturated heterocycles. The second-order valence-corrected chi connectivity index (χ2v) is 6.53. The van der Waals surface area contributed by atoms with Crippen LogP contribution >= 0.6 is 0 Å². The van der Waals surface area contributed by atoms with Crippen molar-refractivity contribution in [2.75, 3.05) is 13.1 Å². The molecule has 2 aromatic rings. The van der Waals surface area contributed by atoms with Crippen LogP contribution in [-0.2, 0) is 0 Å². The van der Waals surface area contributed by atoms with Crippen LogP contribution in [0.1, 0.15) is 39.3 Å². The van der Waals surface area contributed by atoms with Gasteiger partial charge >= 0.3 is 0 Å². The van der Waals surface area contributed by atoms with Gasteiger partial charge in [-0.05, 0) is 31.2 Å². The molecule has 1 N–H and O–H groups in total. The number of fused-ring (bicyclic) bond motifs is 1. The van der Waals surface area contributed by atoms with Gasteiger partial charge in [-0.2, -0.15) is 0 Å². The molecule has 0 radical (unpaired) electrons. The van der Waals surface area contributed by atoms with E-state index >= 15 is 0 Å². The van der Waals surface area contributed by atoms with Crippen molar-refractivity contribution in [3.8, 4) is 5.75 Å². The zero-order valence-corrected chi connectivity index (χ0v) is 14.0. The van der Waals surface area contributed by atoms with Gasteiger partial charge in [-0.3, -0.25) is 14.6 Å². The molecule has 0 aliphatic carbocycles. The Balaban J connectivity index is 1.47. The zero-order chi connectivity index (χ0) is 17.4. The molecule has 0 unspecified atom stereocenters. The van der Waals surface area contributed by atoms with Crippen molar-refractivity contribution in [1.82, 2.24) is 15.2 Å². The highest BCUT2D eigenvalue weighted by atomic mass is 16.5. The van der Waals surface area contributed by atoms with Gasteiger partial charge in [0.25, 0.3) is 11.8 Å². The van der Waals surface area contributed by atoms with Gasteiger partial charge in [-0.1, -0.05) is 12.1 Å². The Bertz CT molecular complexity index is 824. The van der Waals surface area contributed by atoms with Gasteiger partial charge in [0.2, 0.25) is 0 Å². The maximum Gasteiger partial charge on any atom is 0.258 e. The summed E-state index contributed by atoms with van der Waals surface area (Å²) in [5, 5.41) is 2.98. The Morgan fingerprint density at radius 3 is 2.68 bits per heavy atom. The molecule has 0 bridgehead atoms. The average Bonchev–Trinajstić information content (AvgIpc) is 2.62. The summed E-state index contributed by atoms with van der Waals surface area (Å²) in [5.74, 6) is 0.447. The van der Waals surface area contributed by atoms with E-state index in [0.717, 1.165) is 5.69 Å². The number of likely N-dealkylation sites (tertiary alicyclic amines) is 1. The van der Waals surface area contributed by atoms with Crippen LogP contribution in [0.4, 0.5) is 0 Å². The molecular weight excluding hydrogens is 318 g/mol. The Morgan fingerprint density at radius 1 is 1.20 bits per heavy atom. The number of piperidine rings is 1. The molecule has 2 aliphatic heterocycles. The molecule has 1 spiro atoms. The van der Waals surface area contributed by atoms with Crippen molar-refractivity contribution in [2.24, 2.45) is 0 Å². The van der Waals surface area contributed by atoms with Crippen molar-refractivity contribution in [3.63, 3.8) is 0 Å². The molecule has 3 heterocycles. The molecule has 128 valence electrons. The number of rotatable bonds is 1. The van der Waals surface area contributed by atoms with Crippen LogP contribution in [0.3, 0.4) is 0 Å². The van der Waals surface area contributed by atoms with E-state index in [-0.39, 0.29) is 11.8 Å². The minimum atomic E-state index is -0.728. The van der Waals surface area contributed by atoms with Gasteiger partial charge in [0, 0.05) is 37.8 Å². The summed E-state index contributed by atoms with van der Waals surface area (Å²) in [6.07, 6.45) is 2.72. The van der Waals surface area contributed by atoms with Crippen LogP contribution in [0.2, 0.25) is 0 Å². The number of para-hydroxylation sites is 1. The quantitative estimate of drug-likeness (QED) is 0.865. The monoisotopic (exact) mass is 337 g/mol. The summed E-state index contributed by atoms with van der Waals surface area (Å²) in [6.45, 7) is 2.93. The summed E-state index contributed by atoms with van der Waals surface area (Å²) in [7, 11) is 0. The Labute approximate surface area is 145 Å². The van der Waals surface area contributed by atoms with Crippen molar-refractivity contribution < 1.29 is 14.3 Å². The summed E-state index contributed by atoms with van der Waals surface area (Å²) in [6, 6.07) is 10.9. The van der Waals surface area contributed by atoms with E-state index in [1.807, 2.05) is 31.2 Å². The number of hydrogen-bond acceptors (Lipinski definition) is 4. The Morgan fingerprint density at radius 2 is 1.96 bits per heavy atom. The maximum atomic E-state index is 12.6. The molecule has 0 saturated carbocycles. The number of amides is 2. The number of ether oxygens (including phenoxy) is 1. The molecule has 1 aromatic heterocycles. The third-order valence-corrected chi connectivity index (χ3v) is 4.79. The molecule has 2 aliphatic rings. The summed E-state index contributed by atoms with van der Waals surface area (Å²) in [5.41, 5.74) is 1.29. The largest absolute Gasteiger partial charge is 0.467 e. The fraction of sp³-hybridized carbons (Fsp3) is 0.316. The average molecular weight is 337 g/mol. The number of nitrogens with zero attached hydrogens (tertiary/aromatic N) is 2. The molecule has 2 amide bonds. The number of benzene rings is 1. The number of carbonyl (C=O) groups excluding carboxylic acids is 2. The normalized spacial score (nSPS) is 18.3. The third-order valence-electron chi connectivity index (χ3n) is 4.79. The molecule has 0 atom stereocenters. The predicted octanol–water partition coefficient (Wildman–Crippen LogP) is 2.14. The lowest BCUT2D eigenvalue weighted by Gasteiger charge is -2.44. The Hall–Kier alpha value is -2.89. The number of hydrogen-bond donors (Lipinski definition) is 1. The summed E-state index contributed by atoms with van der Waals surface area (Å²) < 4.78 is 6.10. The first-order valence-corrected chi connectivity index (χ1v) is 8.39. The molecule has 6 nitrogen and oxygen atoms in total. The number of nitrogens with one attached hydrogen (secondary N) is 1. The van der Waals surface area contributed by atoms with Crippen LogP contribution in [-0.4, -0.2) is 40.5 Å². The predicted molar refractivity (Wildman–Crippen MR) is 91.4 cm³/mol. The molecule has 1 fully saturated rings. The Kier molecular flexibility index (Phi) is 3.67. The van der Waals surface area contributed by atoms with Gasteiger partial charge in [0.05, 0.1) is 11.1 Å². The lowest BCUT2D eigenvalue weighted by atomic mass is 9.96. The molecular formula is C19H19N3O3. The second kappa shape index (κ2) is 5.88. The van der Waals surface area contributed by atoms with Crippen molar-refractivity contribution in [3.05, 3.63) is 59.4 Å². The van der Waals surface area contributed by atoms with Crippen molar-refractivity contribution >= 4 is 11.8 Å². The van der Waals surface area contributed by atoms with Crippen LogP contribution in [0.15, 0.2) is 42.6 Å². The van der Waals surface area contributed by atoms with Gasteiger partial charge in [-0.25, -0.2) is 0 Å². The lowest BCUT2D eigenvalue weighted by Crippen LogP contribution is -2.61. The SMILES string of the molecule is Cc1ccc(C(=O)N2CCC3(CC2)NC(=O)c2ccccc2O3)cn1. The number of aromatic nitrogens is 1. The second-order valence-electron chi connectivity index (χ2n) is 6.53. The van der Waals surface area contributed by atoms with Crippen molar-refractivity contribution in [1.29, 1.82) is 0 Å². The molecule has 25 heavy (non-hydrogen) atoms. The van der Waals surface area contributed by atoms with E-state index < -0.39 is 5.72 Å². The maximum absolute atomic E-state index is 12.6. The molecule has 1 aromatic carbocycles. The van der Waals surface area contributed by atoms with E-state index in [4.69, 9.17) is 4.74 Å². The van der Waals surface area contributed by atoms with Crippen LogP contribution in [0, 0.1) is 6.92 Å². The highest BCUT2D eigenvalue weighted by Gasteiger charge is 2.43. The van der Waals surface area contributed by atoms with Gasteiger partial charge in [0.15, 0.2) is 5.72 Å². The van der Waals surface area contributed by atoms with Crippen LogP contribution in [0.25, 0.3) is 0 Å². The summed E-state index contributed by atoms with van der Waals surface area (Å²) >= 11 is 0. The first-order valence-electron chi connectivity index (χ1n) is 8.39. The van der Waals surface area contributed by atoms with Crippen LogP contribution < -0.4 is 10.1 Å². The fourth-order valence-corrected chi connectivity index (χ4v) is 3.33. The lowest BCUT2D eigenvalue weighted by molar-refractivity contribution is -0.0245. The summed E-state index contributed by atoms with van der Waals surface area (Å²) in [4.78, 5) is 30.9. The standard InChI is InChI=1S/C19H19N3O3/c1-13-6-7-14(12-20-13)18(24)22-10-8-19(9-11-22)21-17(23)15-4-2-3-5-16(15)25-19/h2-7,12H,8-11H2,1H3,(H,21,23). The van der Waals surface area contributed by atoms with E-state index in [2.05, 4.69) is 10.3 Å². The van der Waals surface area contributed by atoms with E-state index in [0.29, 0.717) is 42.8 Å². The minimum Gasteiger partial charge on any atom is -0.467 e. The topological polar surface area (TPSA) is 71.5 Å². The highest BCUT2D eigenvalue weighted by Crippen LogP contribution is 2.33. The third kappa shape index (κ3) is 2.84. The van der Waals surface area contributed by atoms with Gasteiger partial charge in [-0.15, -0.1) is 0 Å². The minimum absolute atomic E-state index is 0.0371. The smallest absolute Gasteiger partial charge is 0.258 e. The number of aryl methyl sites for hydroxylation is 1.